The van der Waals surface area contributed by atoms with E-state index < -0.39 is 55.4 Å². The predicted molar refractivity (Wildman–Crippen MR) is 173 cm³/mol. The van der Waals surface area contributed by atoms with Crippen LogP contribution in [-0.2, 0) is 28.5 Å². The molecule has 0 saturated carbocycles. The Labute approximate surface area is 271 Å². The van der Waals surface area contributed by atoms with Crippen molar-refractivity contribution in [2.45, 2.75) is 179 Å². The first-order chi connectivity index (χ1) is 21.8. The fourth-order valence-corrected chi connectivity index (χ4v) is 5.22. The topological polar surface area (TPSA) is 152 Å². The molecule has 45 heavy (non-hydrogen) atoms. The minimum absolute atomic E-state index is 0.222. The van der Waals surface area contributed by atoms with Crippen molar-refractivity contribution in [3.8, 4) is 0 Å². The summed E-state index contributed by atoms with van der Waals surface area (Å²) in [6.45, 7) is 3.13. The Morgan fingerprint density at radius 1 is 0.667 bits per heavy atom. The van der Waals surface area contributed by atoms with Crippen LogP contribution in [0.5, 0.6) is 0 Å². The van der Waals surface area contributed by atoms with Crippen LogP contribution in [0.25, 0.3) is 0 Å². The van der Waals surface area contributed by atoms with Gasteiger partial charge in [-0.2, -0.15) is 0 Å². The molecular formula is C35H64O10. The highest BCUT2D eigenvalue weighted by Crippen LogP contribution is 2.22. The van der Waals surface area contributed by atoms with E-state index in [2.05, 4.69) is 19.1 Å². The monoisotopic (exact) mass is 644 g/mol. The average molecular weight is 645 g/mol. The summed E-state index contributed by atoms with van der Waals surface area (Å²) in [5.74, 6) is -0.851. The van der Waals surface area contributed by atoms with E-state index in [1.807, 2.05) is 6.92 Å². The minimum Gasteiger partial charge on any atom is -0.462 e. The average Bonchev–Trinajstić information content (AvgIpc) is 3.04. The van der Waals surface area contributed by atoms with Crippen LogP contribution in [0.4, 0.5) is 0 Å². The van der Waals surface area contributed by atoms with Gasteiger partial charge in [-0.1, -0.05) is 103 Å². The molecule has 1 aliphatic heterocycles. The van der Waals surface area contributed by atoms with Gasteiger partial charge in [-0.05, 0) is 38.5 Å². The third kappa shape index (κ3) is 20.3. The third-order valence-electron chi connectivity index (χ3n) is 8.15. The number of esters is 2. The van der Waals surface area contributed by atoms with Crippen LogP contribution in [0.3, 0.4) is 0 Å². The SMILES string of the molecule is CCCCCCCCC/C=C\CCCCCCCCCC(=O)OC(COC(=O)CCCC)COC1OC(CO)C(O)C(O)C1O. The van der Waals surface area contributed by atoms with Crippen molar-refractivity contribution in [2.75, 3.05) is 19.8 Å². The van der Waals surface area contributed by atoms with E-state index in [1.54, 1.807) is 0 Å². The van der Waals surface area contributed by atoms with Crippen molar-refractivity contribution in [2.24, 2.45) is 0 Å². The van der Waals surface area contributed by atoms with Gasteiger partial charge in [0.15, 0.2) is 12.4 Å². The third-order valence-corrected chi connectivity index (χ3v) is 8.15. The lowest BCUT2D eigenvalue weighted by molar-refractivity contribution is -0.305. The number of hydrogen-bond acceptors (Lipinski definition) is 10. The van der Waals surface area contributed by atoms with Crippen molar-refractivity contribution >= 4 is 11.9 Å². The number of ether oxygens (including phenoxy) is 4. The highest BCUT2D eigenvalue weighted by Gasteiger charge is 2.44. The molecule has 1 saturated heterocycles. The Hall–Kier alpha value is -1.56. The van der Waals surface area contributed by atoms with Gasteiger partial charge in [0.05, 0.1) is 13.2 Å². The molecule has 0 aliphatic carbocycles. The summed E-state index contributed by atoms with van der Waals surface area (Å²) >= 11 is 0. The summed E-state index contributed by atoms with van der Waals surface area (Å²) in [6.07, 6.45) is 17.8. The van der Waals surface area contributed by atoms with E-state index in [-0.39, 0.29) is 26.1 Å². The lowest BCUT2D eigenvalue weighted by Gasteiger charge is -2.39. The minimum atomic E-state index is -1.59. The van der Waals surface area contributed by atoms with Gasteiger partial charge < -0.3 is 39.4 Å². The van der Waals surface area contributed by atoms with Gasteiger partial charge in [-0.3, -0.25) is 9.59 Å². The van der Waals surface area contributed by atoms with Gasteiger partial charge >= 0.3 is 11.9 Å². The van der Waals surface area contributed by atoms with Crippen LogP contribution >= 0.6 is 0 Å². The first-order valence-electron chi connectivity index (χ1n) is 17.8. The summed E-state index contributed by atoms with van der Waals surface area (Å²) in [5, 5.41) is 39.5. The fraction of sp³-hybridized carbons (Fsp3) is 0.886. The first kappa shape index (κ1) is 41.5. The molecule has 0 aromatic carbocycles. The Kier molecular flexibility index (Phi) is 25.4. The van der Waals surface area contributed by atoms with Crippen LogP contribution in [0.15, 0.2) is 12.2 Å². The zero-order valence-electron chi connectivity index (χ0n) is 28.1. The zero-order chi connectivity index (χ0) is 33.1. The summed E-state index contributed by atoms with van der Waals surface area (Å²) in [5.41, 5.74) is 0. The second-order valence-electron chi connectivity index (χ2n) is 12.3. The molecule has 1 aliphatic rings. The maximum Gasteiger partial charge on any atom is 0.306 e. The highest BCUT2D eigenvalue weighted by molar-refractivity contribution is 5.70. The Morgan fingerprint density at radius 3 is 1.78 bits per heavy atom. The molecule has 10 heteroatoms. The molecule has 6 atom stereocenters. The molecular weight excluding hydrogens is 580 g/mol. The van der Waals surface area contributed by atoms with Gasteiger partial charge in [-0.25, -0.2) is 0 Å². The standard InChI is InChI=1S/C35H64O10/c1-3-5-7-8-9-10-11-12-13-14-15-16-17-18-19-20-21-22-24-31(38)44-28(26-42-30(37)23-6-4-2)27-43-35-34(41)33(40)32(39)29(25-36)45-35/h13-14,28-29,32-36,39-41H,3-12,15-27H2,1-2H3/b14-13-. The van der Waals surface area contributed by atoms with Crippen LogP contribution < -0.4 is 0 Å². The number of unbranched alkanes of at least 4 members (excludes halogenated alkanes) is 15. The molecule has 0 spiro atoms. The second kappa shape index (κ2) is 27.5. The van der Waals surface area contributed by atoms with Crippen molar-refractivity contribution < 1.29 is 49.0 Å². The maximum atomic E-state index is 12.5. The van der Waals surface area contributed by atoms with Gasteiger partial charge in [0.25, 0.3) is 0 Å². The molecule has 264 valence electrons. The van der Waals surface area contributed by atoms with Crippen molar-refractivity contribution in [3.05, 3.63) is 12.2 Å². The molecule has 4 N–H and O–H groups in total. The summed E-state index contributed by atoms with van der Waals surface area (Å²) in [6, 6.07) is 0. The van der Waals surface area contributed by atoms with Gasteiger partial charge in [-0.15, -0.1) is 0 Å². The molecule has 0 radical (unpaired) electrons. The summed E-state index contributed by atoms with van der Waals surface area (Å²) in [7, 11) is 0. The molecule has 1 heterocycles. The molecule has 1 fully saturated rings. The number of allylic oxidation sites excluding steroid dienone is 2. The van der Waals surface area contributed by atoms with Crippen LogP contribution in [-0.4, -0.2) is 89.0 Å². The fourth-order valence-electron chi connectivity index (χ4n) is 5.22. The van der Waals surface area contributed by atoms with E-state index in [9.17, 15) is 30.0 Å². The van der Waals surface area contributed by atoms with Crippen LogP contribution in [0.2, 0.25) is 0 Å². The number of rotatable bonds is 28. The van der Waals surface area contributed by atoms with Crippen LogP contribution in [0, 0.1) is 0 Å². The molecule has 0 bridgehead atoms. The maximum absolute atomic E-state index is 12.5. The van der Waals surface area contributed by atoms with E-state index in [0.717, 1.165) is 32.1 Å². The van der Waals surface area contributed by atoms with Crippen molar-refractivity contribution in [1.82, 2.24) is 0 Å². The molecule has 0 aromatic rings. The molecule has 0 aromatic heterocycles. The summed E-state index contributed by atoms with van der Waals surface area (Å²) in [4.78, 5) is 24.5. The number of carbonyl (C=O) groups is 2. The van der Waals surface area contributed by atoms with E-state index >= 15 is 0 Å². The highest BCUT2D eigenvalue weighted by atomic mass is 16.7. The Balaban J connectivity index is 2.24. The van der Waals surface area contributed by atoms with Crippen LogP contribution in [0.1, 0.15) is 142 Å². The normalized spacial score (nSPS) is 22.5. The second-order valence-corrected chi connectivity index (χ2v) is 12.3. The van der Waals surface area contributed by atoms with Crippen molar-refractivity contribution in [1.29, 1.82) is 0 Å². The molecule has 1 rings (SSSR count). The lowest BCUT2D eigenvalue weighted by atomic mass is 9.99. The zero-order valence-corrected chi connectivity index (χ0v) is 28.1. The Morgan fingerprint density at radius 2 is 1.20 bits per heavy atom. The quantitative estimate of drug-likeness (QED) is 0.0477. The van der Waals surface area contributed by atoms with Crippen molar-refractivity contribution in [3.63, 3.8) is 0 Å². The molecule has 0 amide bonds. The first-order valence-corrected chi connectivity index (χ1v) is 17.8. The van der Waals surface area contributed by atoms with E-state index in [0.29, 0.717) is 12.8 Å². The smallest absolute Gasteiger partial charge is 0.306 e. The van der Waals surface area contributed by atoms with E-state index in [1.165, 1.54) is 70.6 Å². The summed E-state index contributed by atoms with van der Waals surface area (Å²) < 4.78 is 21.7. The number of carbonyl (C=O) groups excluding carboxylic acids is 2. The predicted octanol–water partition coefficient (Wildman–Crippen LogP) is 5.66. The van der Waals surface area contributed by atoms with E-state index in [4.69, 9.17) is 18.9 Å². The largest absolute Gasteiger partial charge is 0.462 e. The van der Waals surface area contributed by atoms with Gasteiger partial charge in [0, 0.05) is 12.8 Å². The Bertz CT molecular complexity index is 759. The lowest BCUT2D eigenvalue weighted by Crippen LogP contribution is -2.59. The molecule has 6 unspecified atom stereocenters. The van der Waals surface area contributed by atoms with Gasteiger partial charge in [0.1, 0.15) is 31.0 Å². The molecule has 10 nitrogen and oxygen atoms in total. The number of aliphatic hydroxyl groups excluding tert-OH is 4. The number of hydrogen-bond donors (Lipinski definition) is 4. The number of aliphatic hydroxyl groups is 4. The van der Waals surface area contributed by atoms with Gasteiger partial charge in [0.2, 0.25) is 0 Å².